The molecule has 1 aromatic carbocycles. The first kappa shape index (κ1) is 10.8. The number of pyridine rings is 1. The van der Waals surface area contributed by atoms with Gasteiger partial charge in [0.2, 0.25) is 5.88 Å². The molecule has 5 heteroatoms. The predicted octanol–water partition coefficient (Wildman–Crippen LogP) is 1.91. The van der Waals surface area contributed by atoms with Crippen molar-refractivity contribution in [3.63, 3.8) is 0 Å². The molecule has 4 N–H and O–H groups in total. The lowest BCUT2D eigenvalue weighted by Gasteiger charge is -2.06. The van der Waals surface area contributed by atoms with Crippen LogP contribution < -0.4 is 16.2 Å². The van der Waals surface area contributed by atoms with Crippen LogP contribution in [0.15, 0.2) is 36.4 Å². The Hall–Kier alpha value is -2.74. The maximum absolute atomic E-state index is 8.75. The first-order valence-corrected chi connectivity index (χ1v) is 4.89. The number of hydrogen-bond acceptors (Lipinski definition) is 5. The Bertz CT molecular complexity index is 589. The van der Waals surface area contributed by atoms with E-state index in [4.69, 9.17) is 21.5 Å². The number of aromatic nitrogens is 1. The lowest BCUT2D eigenvalue weighted by Crippen LogP contribution is -1.98. The maximum Gasteiger partial charge on any atom is 0.221 e. The highest BCUT2D eigenvalue weighted by Crippen LogP contribution is 2.23. The third kappa shape index (κ3) is 2.44. The van der Waals surface area contributed by atoms with Crippen LogP contribution in [0.4, 0.5) is 11.5 Å². The van der Waals surface area contributed by atoms with Gasteiger partial charge in [-0.05, 0) is 24.3 Å². The zero-order valence-electron chi connectivity index (χ0n) is 8.92. The van der Waals surface area contributed by atoms with E-state index < -0.39 is 0 Å². The molecule has 2 aromatic rings. The number of hydrogen-bond donors (Lipinski definition) is 2. The molecule has 5 nitrogen and oxygen atoms in total. The molecular formula is C12H10N4O. The second-order valence-electron chi connectivity index (χ2n) is 3.37. The molecule has 0 aliphatic rings. The van der Waals surface area contributed by atoms with Gasteiger partial charge < -0.3 is 16.2 Å². The fraction of sp³-hybridized carbons (Fsp3) is 0. The highest BCUT2D eigenvalue weighted by Gasteiger charge is 2.02. The minimum Gasteiger partial charge on any atom is -0.439 e. The van der Waals surface area contributed by atoms with Crippen LogP contribution in [-0.4, -0.2) is 4.98 Å². The molecule has 84 valence electrons. The van der Waals surface area contributed by atoms with E-state index in [1.807, 2.05) is 6.07 Å². The van der Waals surface area contributed by atoms with Crippen LogP contribution in [0.2, 0.25) is 0 Å². The van der Waals surface area contributed by atoms with Gasteiger partial charge in [0.1, 0.15) is 5.75 Å². The monoisotopic (exact) mass is 226 g/mol. The van der Waals surface area contributed by atoms with Crippen LogP contribution >= 0.6 is 0 Å². The molecule has 0 aliphatic heterocycles. The fourth-order valence-electron chi connectivity index (χ4n) is 1.27. The van der Waals surface area contributed by atoms with Crippen molar-refractivity contribution in [1.29, 1.82) is 5.26 Å². The summed E-state index contributed by atoms with van der Waals surface area (Å²) in [6.07, 6.45) is 0. The summed E-state index contributed by atoms with van der Waals surface area (Å²) in [5, 5.41) is 8.75. The van der Waals surface area contributed by atoms with E-state index in [1.54, 1.807) is 36.4 Å². The second kappa shape index (κ2) is 4.41. The minimum absolute atomic E-state index is 0.221. The quantitative estimate of drug-likeness (QED) is 0.815. The summed E-state index contributed by atoms with van der Waals surface area (Å²) in [7, 11) is 0. The molecule has 0 fully saturated rings. The van der Waals surface area contributed by atoms with Gasteiger partial charge in [-0.25, -0.2) is 0 Å². The molecule has 0 saturated carbocycles. The van der Waals surface area contributed by atoms with Crippen LogP contribution in [0.3, 0.4) is 0 Å². The summed E-state index contributed by atoms with van der Waals surface area (Å²) in [4.78, 5) is 3.97. The van der Waals surface area contributed by atoms with E-state index in [9.17, 15) is 0 Å². The molecule has 0 bridgehead atoms. The molecule has 0 unspecified atom stereocenters. The van der Waals surface area contributed by atoms with Crippen molar-refractivity contribution in [2.75, 3.05) is 11.5 Å². The van der Waals surface area contributed by atoms with E-state index >= 15 is 0 Å². The van der Waals surface area contributed by atoms with Gasteiger partial charge in [-0.15, -0.1) is 0 Å². The predicted molar refractivity (Wildman–Crippen MR) is 64.3 cm³/mol. The Morgan fingerprint density at radius 3 is 2.71 bits per heavy atom. The Morgan fingerprint density at radius 1 is 1.18 bits per heavy atom. The van der Waals surface area contributed by atoms with E-state index in [2.05, 4.69) is 4.98 Å². The maximum atomic E-state index is 8.75. The lowest BCUT2D eigenvalue weighted by molar-refractivity contribution is 0.464. The van der Waals surface area contributed by atoms with Crippen molar-refractivity contribution < 1.29 is 4.74 Å². The summed E-state index contributed by atoms with van der Waals surface area (Å²) in [6, 6.07) is 12.0. The van der Waals surface area contributed by atoms with Gasteiger partial charge in [0.25, 0.3) is 0 Å². The van der Waals surface area contributed by atoms with E-state index in [1.165, 1.54) is 0 Å². The third-order valence-corrected chi connectivity index (χ3v) is 2.12. The van der Waals surface area contributed by atoms with Gasteiger partial charge in [-0.3, -0.25) is 0 Å². The zero-order valence-corrected chi connectivity index (χ0v) is 8.92. The molecule has 0 saturated heterocycles. The van der Waals surface area contributed by atoms with Crippen molar-refractivity contribution in [2.24, 2.45) is 0 Å². The average Bonchev–Trinajstić information content (AvgIpc) is 2.34. The zero-order chi connectivity index (χ0) is 12.3. The SMILES string of the molecule is N#Cc1cccc(Oc2ccc(N)c(N)n2)c1. The Kier molecular flexibility index (Phi) is 2.79. The lowest BCUT2D eigenvalue weighted by atomic mass is 10.2. The van der Waals surface area contributed by atoms with Gasteiger partial charge in [-0.2, -0.15) is 10.2 Å². The Morgan fingerprint density at radius 2 is 2.00 bits per heavy atom. The van der Waals surface area contributed by atoms with Crippen molar-refractivity contribution in [2.45, 2.75) is 0 Å². The molecule has 0 aliphatic carbocycles. The van der Waals surface area contributed by atoms with Crippen molar-refractivity contribution in [3.05, 3.63) is 42.0 Å². The molecule has 0 spiro atoms. The Labute approximate surface area is 98.3 Å². The molecule has 1 heterocycles. The molecule has 0 atom stereocenters. The molecule has 2 rings (SSSR count). The summed E-state index contributed by atoms with van der Waals surface area (Å²) in [5.41, 5.74) is 12.0. The number of anilines is 2. The van der Waals surface area contributed by atoms with Crippen LogP contribution in [0, 0.1) is 11.3 Å². The smallest absolute Gasteiger partial charge is 0.221 e. The summed E-state index contributed by atoms with van der Waals surface area (Å²) < 4.78 is 5.46. The topological polar surface area (TPSA) is 97.9 Å². The molecule has 17 heavy (non-hydrogen) atoms. The molecule has 1 aromatic heterocycles. The van der Waals surface area contributed by atoms with Crippen molar-refractivity contribution in [3.8, 4) is 17.7 Å². The molecular weight excluding hydrogens is 216 g/mol. The normalized spacial score (nSPS) is 9.59. The second-order valence-corrected chi connectivity index (χ2v) is 3.37. The number of nitrogens with two attached hydrogens (primary N) is 2. The van der Waals surface area contributed by atoms with Gasteiger partial charge >= 0.3 is 0 Å². The van der Waals surface area contributed by atoms with Crippen LogP contribution in [0.25, 0.3) is 0 Å². The highest BCUT2D eigenvalue weighted by molar-refractivity contribution is 5.58. The number of nitrogens with zero attached hydrogens (tertiary/aromatic N) is 2. The van der Waals surface area contributed by atoms with Crippen molar-refractivity contribution in [1.82, 2.24) is 4.98 Å². The average molecular weight is 226 g/mol. The first-order chi connectivity index (χ1) is 8.19. The standard InChI is InChI=1S/C12H10N4O/c13-7-8-2-1-3-9(6-8)17-11-5-4-10(14)12(15)16-11/h1-6H,14H2,(H2,15,16). The van der Waals surface area contributed by atoms with Gasteiger partial charge in [0.05, 0.1) is 17.3 Å². The van der Waals surface area contributed by atoms with Crippen LogP contribution in [-0.2, 0) is 0 Å². The van der Waals surface area contributed by atoms with Gasteiger partial charge in [0.15, 0.2) is 5.82 Å². The fourth-order valence-corrected chi connectivity index (χ4v) is 1.27. The van der Waals surface area contributed by atoms with E-state index in [0.29, 0.717) is 22.9 Å². The third-order valence-electron chi connectivity index (χ3n) is 2.12. The van der Waals surface area contributed by atoms with E-state index in [0.717, 1.165) is 0 Å². The summed E-state index contributed by atoms with van der Waals surface area (Å²) in [5.74, 6) is 1.09. The van der Waals surface area contributed by atoms with Crippen molar-refractivity contribution >= 4 is 11.5 Å². The molecule has 0 radical (unpaired) electrons. The summed E-state index contributed by atoms with van der Waals surface area (Å²) >= 11 is 0. The minimum atomic E-state index is 0.221. The van der Waals surface area contributed by atoms with Gasteiger partial charge in [-0.1, -0.05) is 6.07 Å². The number of nitrogen functional groups attached to an aromatic ring is 2. The number of ether oxygens (including phenoxy) is 1. The van der Waals surface area contributed by atoms with Gasteiger partial charge in [0, 0.05) is 6.07 Å². The number of nitriles is 1. The largest absolute Gasteiger partial charge is 0.439 e. The number of benzene rings is 1. The number of rotatable bonds is 2. The summed E-state index contributed by atoms with van der Waals surface area (Å²) in [6.45, 7) is 0. The Balaban J connectivity index is 2.25. The molecule has 0 amide bonds. The van der Waals surface area contributed by atoms with E-state index in [-0.39, 0.29) is 5.82 Å². The van der Waals surface area contributed by atoms with Crippen LogP contribution in [0.1, 0.15) is 5.56 Å². The van der Waals surface area contributed by atoms with Crippen LogP contribution in [0.5, 0.6) is 11.6 Å². The first-order valence-electron chi connectivity index (χ1n) is 4.89. The highest BCUT2D eigenvalue weighted by atomic mass is 16.5.